The van der Waals surface area contributed by atoms with E-state index in [-0.39, 0.29) is 12.0 Å². The quantitative estimate of drug-likeness (QED) is 0.388. The van der Waals surface area contributed by atoms with Crippen molar-refractivity contribution in [2.75, 3.05) is 7.11 Å². The molecular weight excluding hydrogens is 478 g/mol. The van der Waals surface area contributed by atoms with Crippen LogP contribution in [-0.2, 0) is 21.5 Å². The molecule has 6 heteroatoms. The minimum absolute atomic E-state index is 0.176. The maximum absolute atomic E-state index is 12.4. The van der Waals surface area contributed by atoms with Crippen LogP contribution in [0.1, 0.15) is 76.0 Å². The van der Waals surface area contributed by atoms with Crippen molar-refractivity contribution in [1.29, 1.82) is 0 Å². The maximum Gasteiger partial charge on any atom is 0.407 e. The first-order valence-corrected chi connectivity index (χ1v) is 13.7. The van der Waals surface area contributed by atoms with Gasteiger partial charge in [0.25, 0.3) is 0 Å². The summed E-state index contributed by atoms with van der Waals surface area (Å²) in [4.78, 5) is 23.5. The second kappa shape index (κ2) is 10.1. The Morgan fingerprint density at radius 2 is 1.68 bits per heavy atom. The highest BCUT2D eigenvalue weighted by Gasteiger charge is 2.52. The predicted molar refractivity (Wildman–Crippen MR) is 148 cm³/mol. The minimum atomic E-state index is -1.00. The Kier molecular flexibility index (Phi) is 7.01. The average Bonchev–Trinajstić information content (AvgIpc) is 2.84. The van der Waals surface area contributed by atoms with Gasteiger partial charge in [-0.2, -0.15) is 0 Å². The highest BCUT2D eigenvalue weighted by atomic mass is 16.6. The van der Waals surface area contributed by atoms with Crippen LogP contribution >= 0.6 is 0 Å². The first kappa shape index (κ1) is 26.3. The third-order valence-electron chi connectivity index (χ3n) is 8.49. The number of carboxylic acids is 1. The molecule has 2 aromatic rings. The smallest absolute Gasteiger partial charge is 0.407 e. The lowest BCUT2D eigenvalue weighted by atomic mass is 9.48. The standard InChI is InChI=1S/C32H39NO5/c1-31(2,3)38-30(36)33-19-25-14-20(6-10-29(34)35)5-8-26(25)24-7-9-28(37-4)27(15-24)32-16-21-11-22(17-32)13-23(12-21)18-32/h5-10,14-15,21-23H,11-13,16-19H2,1-4H3,(H,33,36)(H,34,35)/b10-6+. The van der Waals surface area contributed by atoms with Crippen molar-refractivity contribution in [3.8, 4) is 16.9 Å². The van der Waals surface area contributed by atoms with Crippen molar-refractivity contribution < 1.29 is 24.2 Å². The molecule has 6 nitrogen and oxygen atoms in total. The molecule has 0 radical (unpaired) electrons. The van der Waals surface area contributed by atoms with Crippen LogP contribution in [0.25, 0.3) is 17.2 Å². The fraction of sp³-hybridized carbons (Fsp3) is 0.500. The number of rotatable bonds is 7. The van der Waals surface area contributed by atoms with Gasteiger partial charge in [-0.3, -0.25) is 0 Å². The lowest BCUT2D eigenvalue weighted by Gasteiger charge is -2.57. The summed E-state index contributed by atoms with van der Waals surface area (Å²) < 4.78 is 11.4. The normalized spacial score (nSPS) is 25.9. The molecule has 0 spiro atoms. The summed E-state index contributed by atoms with van der Waals surface area (Å²) in [5, 5.41) is 12.0. The second-order valence-corrected chi connectivity index (χ2v) is 12.6. The minimum Gasteiger partial charge on any atom is -0.496 e. The summed E-state index contributed by atoms with van der Waals surface area (Å²) in [6.45, 7) is 5.76. The maximum atomic E-state index is 12.4. The van der Waals surface area contributed by atoms with Crippen molar-refractivity contribution in [3.05, 3.63) is 59.2 Å². The van der Waals surface area contributed by atoms with Gasteiger partial charge in [0.1, 0.15) is 11.4 Å². The molecule has 4 fully saturated rings. The monoisotopic (exact) mass is 517 g/mol. The molecule has 2 N–H and O–H groups in total. The summed E-state index contributed by atoms with van der Waals surface area (Å²) in [6.07, 6.45) is 10.1. The molecule has 4 bridgehead atoms. The Hall–Kier alpha value is -3.28. The number of carboxylic acid groups (broad SMARTS) is 1. The van der Waals surface area contributed by atoms with Crippen molar-refractivity contribution in [2.24, 2.45) is 17.8 Å². The van der Waals surface area contributed by atoms with Gasteiger partial charge in [0.05, 0.1) is 7.11 Å². The molecule has 0 saturated heterocycles. The summed E-state index contributed by atoms with van der Waals surface area (Å²) in [5.41, 5.74) is 4.62. The van der Waals surface area contributed by atoms with E-state index < -0.39 is 17.7 Å². The number of carbonyl (C=O) groups is 2. The number of ether oxygens (including phenoxy) is 2. The number of carbonyl (C=O) groups excluding carboxylic acids is 1. The van der Waals surface area contributed by atoms with E-state index in [4.69, 9.17) is 14.6 Å². The second-order valence-electron chi connectivity index (χ2n) is 12.6. The van der Waals surface area contributed by atoms with E-state index >= 15 is 0 Å². The van der Waals surface area contributed by atoms with E-state index in [1.807, 2.05) is 39.0 Å². The van der Waals surface area contributed by atoms with Gasteiger partial charge in [-0.1, -0.05) is 18.2 Å². The summed E-state index contributed by atoms with van der Waals surface area (Å²) >= 11 is 0. The molecule has 202 valence electrons. The molecule has 4 aliphatic carbocycles. The van der Waals surface area contributed by atoms with Crippen LogP contribution < -0.4 is 10.1 Å². The van der Waals surface area contributed by atoms with Gasteiger partial charge in [-0.15, -0.1) is 0 Å². The fourth-order valence-corrected chi connectivity index (χ4v) is 7.52. The zero-order valence-electron chi connectivity index (χ0n) is 22.9. The first-order valence-electron chi connectivity index (χ1n) is 13.7. The molecule has 38 heavy (non-hydrogen) atoms. The van der Waals surface area contributed by atoms with Crippen molar-refractivity contribution in [1.82, 2.24) is 5.32 Å². The number of amides is 1. The van der Waals surface area contributed by atoms with Gasteiger partial charge in [0.2, 0.25) is 0 Å². The lowest BCUT2D eigenvalue weighted by molar-refractivity contribution is -0.131. The van der Waals surface area contributed by atoms with Crippen LogP contribution in [0.4, 0.5) is 4.79 Å². The number of aliphatic carboxylic acids is 1. The van der Waals surface area contributed by atoms with Crippen LogP contribution in [0, 0.1) is 17.8 Å². The summed E-state index contributed by atoms with van der Waals surface area (Å²) in [7, 11) is 1.76. The van der Waals surface area contributed by atoms with Gasteiger partial charge in [0, 0.05) is 18.2 Å². The van der Waals surface area contributed by atoms with Gasteiger partial charge in [-0.05, 0) is 129 Å². The molecule has 0 aromatic heterocycles. The van der Waals surface area contributed by atoms with Gasteiger partial charge in [-0.25, -0.2) is 9.59 Å². The van der Waals surface area contributed by atoms with E-state index in [9.17, 15) is 9.59 Å². The summed E-state index contributed by atoms with van der Waals surface area (Å²) in [6, 6.07) is 12.3. The largest absolute Gasteiger partial charge is 0.496 e. The van der Waals surface area contributed by atoms with Crippen LogP contribution in [0.3, 0.4) is 0 Å². The van der Waals surface area contributed by atoms with E-state index in [0.717, 1.165) is 51.8 Å². The number of methoxy groups -OCH3 is 1. The zero-order chi connectivity index (χ0) is 27.1. The third-order valence-corrected chi connectivity index (χ3v) is 8.49. The highest BCUT2D eigenvalue weighted by molar-refractivity contribution is 5.85. The number of nitrogens with one attached hydrogen (secondary N) is 1. The van der Waals surface area contributed by atoms with Crippen LogP contribution in [-0.4, -0.2) is 29.9 Å². The number of hydrogen-bond acceptors (Lipinski definition) is 4. The lowest BCUT2D eigenvalue weighted by Crippen LogP contribution is -2.48. The van der Waals surface area contributed by atoms with E-state index in [1.165, 1.54) is 44.1 Å². The zero-order valence-corrected chi connectivity index (χ0v) is 22.9. The topological polar surface area (TPSA) is 84.9 Å². The summed E-state index contributed by atoms with van der Waals surface area (Å²) in [5.74, 6) is 2.43. The van der Waals surface area contributed by atoms with Crippen LogP contribution in [0.5, 0.6) is 5.75 Å². The number of hydrogen-bond donors (Lipinski definition) is 2. The first-order chi connectivity index (χ1) is 18.0. The van der Waals surface area contributed by atoms with Gasteiger partial charge in [0.15, 0.2) is 0 Å². The van der Waals surface area contributed by atoms with E-state index in [0.29, 0.717) is 0 Å². The SMILES string of the molecule is COc1ccc(-c2ccc(/C=C/C(=O)O)cc2CNC(=O)OC(C)(C)C)cc1C12CC3CC(CC(C3)C1)C2. The average molecular weight is 518 g/mol. The molecule has 4 saturated carbocycles. The highest BCUT2D eigenvalue weighted by Crippen LogP contribution is 2.62. The Morgan fingerprint density at radius 3 is 2.26 bits per heavy atom. The Bertz CT molecular complexity index is 1220. The Labute approximate surface area is 225 Å². The van der Waals surface area contributed by atoms with Crippen molar-refractivity contribution >= 4 is 18.1 Å². The molecule has 1 amide bonds. The van der Waals surface area contributed by atoms with Crippen molar-refractivity contribution in [3.63, 3.8) is 0 Å². The number of alkyl carbamates (subject to hydrolysis) is 1. The molecule has 0 aliphatic heterocycles. The third kappa shape index (κ3) is 5.59. The van der Waals surface area contributed by atoms with Crippen molar-refractivity contribution in [2.45, 2.75) is 76.9 Å². The molecule has 2 aromatic carbocycles. The van der Waals surface area contributed by atoms with Gasteiger partial charge >= 0.3 is 12.1 Å². The van der Waals surface area contributed by atoms with E-state index in [1.54, 1.807) is 13.2 Å². The predicted octanol–water partition coefficient (Wildman–Crippen LogP) is 6.95. The molecule has 4 aliphatic rings. The molecule has 6 rings (SSSR count). The van der Waals surface area contributed by atoms with E-state index in [2.05, 4.69) is 23.5 Å². The molecule has 0 heterocycles. The Morgan fingerprint density at radius 1 is 1.03 bits per heavy atom. The van der Waals surface area contributed by atoms with Crippen LogP contribution in [0.15, 0.2) is 42.5 Å². The Balaban J connectivity index is 1.51. The fourth-order valence-electron chi connectivity index (χ4n) is 7.52. The molecule has 0 atom stereocenters. The molecule has 0 unspecified atom stereocenters. The van der Waals surface area contributed by atoms with Crippen LogP contribution in [0.2, 0.25) is 0 Å². The molecular formula is C32H39NO5. The number of benzene rings is 2. The van der Waals surface area contributed by atoms with Gasteiger partial charge < -0.3 is 19.9 Å².